The third kappa shape index (κ3) is 4.65. The normalized spacial score (nSPS) is 10.2. The van der Waals surface area contributed by atoms with Crippen molar-refractivity contribution in [1.82, 2.24) is 4.98 Å². The molecule has 6 nitrogen and oxygen atoms in total. The largest absolute Gasteiger partial charge is 0.481 e. The molecule has 1 amide bonds. The van der Waals surface area contributed by atoms with Gasteiger partial charge in [0.2, 0.25) is 5.88 Å². The first-order valence-electron chi connectivity index (χ1n) is 8.81. The number of carbonyl (C=O) groups is 1. The molecule has 0 atom stereocenters. The molecule has 0 spiro atoms. The highest BCUT2D eigenvalue weighted by atomic mass is 35.5. The Labute approximate surface area is 174 Å². The first-order valence-corrected chi connectivity index (χ1v) is 9.19. The SMILES string of the molecule is COc1ccc(NC(=O)c2cc(Cl)ccc2Nc2ccc(C#N)cc2C)c(C)n1. The molecule has 0 aliphatic rings. The molecule has 1 aromatic heterocycles. The minimum absolute atomic E-state index is 0.323. The fourth-order valence-corrected chi connectivity index (χ4v) is 2.98. The summed E-state index contributed by atoms with van der Waals surface area (Å²) in [7, 11) is 1.54. The van der Waals surface area contributed by atoms with Crippen LogP contribution < -0.4 is 15.4 Å². The summed E-state index contributed by atoms with van der Waals surface area (Å²) in [4.78, 5) is 17.2. The lowest BCUT2D eigenvalue weighted by Crippen LogP contribution is -2.15. The van der Waals surface area contributed by atoms with Crippen molar-refractivity contribution in [3.05, 3.63) is 75.9 Å². The van der Waals surface area contributed by atoms with Crippen molar-refractivity contribution in [2.24, 2.45) is 0 Å². The van der Waals surface area contributed by atoms with Gasteiger partial charge in [-0.05, 0) is 61.9 Å². The standard InChI is InChI=1S/C22H19ClN4O2/c1-13-10-15(12-24)4-6-18(13)26-20-7-5-16(23)11-17(20)22(28)27-19-8-9-21(29-3)25-14(19)2/h4-11,26H,1-3H3,(H,27,28). The van der Waals surface area contributed by atoms with E-state index in [0.717, 1.165) is 11.3 Å². The summed E-state index contributed by atoms with van der Waals surface area (Å²) in [6.07, 6.45) is 0. The second kappa shape index (κ2) is 8.63. The van der Waals surface area contributed by atoms with E-state index in [1.165, 1.54) is 7.11 Å². The van der Waals surface area contributed by atoms with E-state index in [9.17, 15) is 4.79 Å². The summed E-state index contributed by atoms with van der Waals surface area (Å²) in [5, 5.41) is 15.6. The van der Waals surface area contributed by atoms with Gasteiger partial charge in [-0.1, -0.05) is 11.6 Å². The van der Waals surface area contributed by atoms with Crippen LogP contribution in [0.4, 0.5) is 17.1 Å². The average Bonchev–Trinajstić information content (AvgIpc) is 2.71. The van der Waals surface area contributed by atoms with Crippen LogP contribution >= 0.6 is 11.6 Å². The summed E-state index contributed by atoms with van der Waals surface area (Å²) < 4.78 is 5.10. The van der Waals surface area contributed by atoms with E-state index in [4.69, 9.17) is 21.6 Å². The molecule has 0 aliphatic carbocycles. The van der Waals surface area contributed by atoms with Crippen molar-refractivity contribution in [3.63, 3.8) is 0 Å². The molecule has 0 unspecified atom stereocenters. The van der Waals surface area contributed by atoms with Crippen LogP contribution in [0.5, 0.6) is 5.88 Å². The van der Waals surface area contributed by atoms with Crippen LogP contribution in [-0.4, -0.2) is 18.0 Å². The zero-order chi connectivity index (χ0) is 21.0. The number of nitrogens with zero attached hydrogens (tertiary/aromatic N) is 2. The lowest BCUT2D eigenvalue weighted by molar-refractivity contribution is 0.102. The van der Waals surface area contributed by atoms with E-state index < -0.39 is 0 Å². The van der Waals surface area contributed by atoms with Gasteiger partial charge in [-0.15, -0.1) is 0 Å². The highest BCUT2D eigenvalue weighted by molar-refractivity contribution is 6.31. The van der Waals surface area contributed by atoms with Gasteiger partial charge < -0.3 is 15.4 Å². The second-order valence-corrected chi connectivity index (χ2v) is 6.83. The molecule has 29 heavy (non-hydrogen) atoms. The Kier molecular flexibility index (Phi) is 6.01. The van der Waals surface area contributed by atoms with Gasteiger partial charge in [-0.25, -0.2) is 4.98 Å². The van der Waals surface area contributed by atoms with E-state index >= 15 is 0 Å². The number of halogens is 1. The van der Waals surface area contributed by atoms with Crippen molar-refractivity contribution in [1.29, 1.82) is 5.26 Å². The van der Waals surface area contributed by atoms with Gasteiger partial charge in [0, 0.05) is 16.8 Å². The number of anilines is 3. The maximum atomic E-state index is 13.0. The van der Waals surface area contributed by atoms with Gasteiger partial charge >= 0.3 is 0 Å². The Morgan fingerprint density at radius 3 is 2.45 bits per heavy atom. The first-order chi connectivity index (χ1) is 13.9. The number of nitrogens with one attached hydrogen (secondary N) is 2. The number of benzene rings is 2. The zero-order valence-corrected chi connectivity index (χ0v) is 17.0. The van der Waals surface area contributed by atoms with Crippen molar-refractivity contribution >= 4 is 34.6 Å². The Morgan fingerprint density at radius 2 is 1.79 bits per heavy atom. The van der Waals surface area contributed by atoms with Gasteiger partial charge in [-0.3, -0.25) is 4.79 Å². The van der Waals surface area contributed by atoms with Gasteiger partial charge in [-0.2, -0.15) is 5.26 Å². The number of nitriles is 1. The van der Waals surface area contributed by atoms with Crippen LogP contribution in [0.3, 0.4) is 0 Å². The number of amides is 1. The molecular formula is C22H19ClN4O2. The highest BCUT2D eigenvalue weighted by Crippen LogP contribution is 2.28. The third-order valence-corrected chi connectivity index (χ3v) is 4.60. The van der Waals surface area contributed by atoms with Gasteiger partial charge in [0.15, 0.2) is 0 Å². The van der Waals surface area contributed by atoms with Crippen molar-refractivity contribution in [2.45, 2.75) is 13.8 Å². The molecule has 7 heteroatoms. The number of aryl methyl sites for hydroxylation is 2. The summed E-state index contributed by atoms with van der Waals surface area (Å²) in [5.41, 5.74) is 4.46. The van der Waals surface area contributed by atoms with Crippen LogP contribution in [-0.2, 0) is 0 Å². The topological polar surface area (TPSA) is 87.0 Å². The van der Waals surface area contributed by atoms with Gasteiger partial charge in [0.05, 0.1) is 41.4 Å². The van der Waals surface area contributed by atoms with Crippen molar-refractivity contribution in [3.8, 4) is 11.9 Å². The number of ether oxygens (including phenoxy) is 1. The van der Waals surface area contributed by atoms with Gasteiger partial charge in [0.25, 0.3) is 5.91 Å². The molecule has 1 heterocycles. The van der Waals surface area contributed by atoms with Gasteiger partial charge in [0.1, 0.15) is 0 Å². The average molecular weight is 407 g/mol. The lowest BCUT2D eigenvalue weighted by Gasteiger charge is -2.15. The van der Waals surface area contributed by atoms with Crippen molar-refractivity contribution in [2.75, 3.05) is 17.7 Å². The molecule has 0 saturated carbocycles. The molecule has 0 radical (unpaired) electrons. The Morgan fingerprint density at radius 1 is 1.07 bits per heavy atom. The quantitative estimate of drug-likeness (QED) is 0.605. The number of methoxy groups -OCH3 is 1. The van der Waals surface area contributed by atoms with E-state index in [1.807, 2.05) is 13.0 Å². The zero-order valence-electron chi connectivity index (χ0n) is 16.2. The highest BCUT2D eigenvalue weighted by Gasteiger charge is 2.15. The first kappa shape index (κ1) is 20.2. The Hall–Kier alpha value is -3.56. The number of pyridine rings is 1. The number of carbonyl (C=O) groups excluding carboxylic acids is 1. The predicted octanol–water partition coefficient (Wildman–Crippen LogP) is 5.23. The monoisotopic (exact) mass is 406 g/mol. The summed E-state index contributed by atoms with van der Waals surface area (Å²) >= 11 is 6.14. The summed E-state index contributed by atoms with van der Waals surface area (Å²) in [6.45, 7) is 3.68. The van der Waals surface area contributed by atoms with Crippen molar-refractivity contribution < 1.29 is 9.53 Å². The van der Waals surface area contributed by atoms with Crippen LogP contribution in [0.2, 0.25) is 5.02 Å². The third-order valence-electron chi connectivity index (χ3n) is 4.37. The molecule has 3 aromatic rings. The molecular weight excluding hydrogens is 388 g/mol. The molecule has 3 rings (SSSR count). The lowest BCUT2D eigenvalue weighted by atomic mass is 10.1. The molecule has 0 saturated heterocycles. The summed E-state index contributed by atoms with van der Waals surface area (Å²) in [6, 6.07) is 15.9. The van der Waals surface area contributed by atoms with E-state index in [2.05, 4.69) is 21.7 Å². The summed E-state index contributed by atoms with van der Waals surface area (Å²) in [5.74, 6) is 0.151. The molecule has 0 fully saturated rings. The van der Waals surface area contributed by atoms with Crippen LogP contribution in [0.1, 0.15) is 27.2 Å². The maximum absolute atomic E-state index is 13.0. The Bertz CT molecular complexity index is 1120. The minimum Gasteiger partial charge on any atom is -0.481 e. The number of aromatic nitrogens is 1. The van der Waals surface area contributed by atoms with E-state index in [0.29, 0.717) is 39.1 Å². The fourth-order valence-electron chi connectivity index (χ4n) is 2.81. The van der Waals surface area contributed by atoms with E-state index in [-0.39, 0.29) is 5.91 Å². The fraction of sp³-hybridized carbons (Fsp3) is 0.136. The van der Waals surface area contributed by atoms with E-state index in [1.54, 1.807) is 49.4 Å². The molecule has 2 aromatic carbocycles. The number of hydrogen-bond acceptors (Lipinski definition) is 5. The molecule has 146 valence electrons. The second-order valence-electron chi connectivity index (χ2n) is 6.40. The minimum atomic E-state index is -0.323. The smallest absolute Gasteiger partial charge is 0.257 e. The molecule has 0 bridgehead atoms. The van der Waals surface area contributed by atoms with Crippen LogP contribution in [0.25, 0.3) is 0 Å². The van der Waals surface area contributed by atoms with Crippen LogP contribution in [0.15, 0.2) is 48.5 Å². The molecule has 2 N–H and O–H groups in total. The predicted molar refractivity (Wildman–Crippen MR) is 114 cm³/mol. The molecule has 0 aliphatic heterocycles. The maximum Gasteiger partial charge on any atom is 0.257 e. The number of rotatable bonds is 5. The van der Waals surface area contributed by atoms with Crippen LogP contribution in [0, 0.1) is 25.2 Å². The number of hydrogen-bond donors (Lipinski definition) is 2. The Balaban J connectivity index is 1.90.